The number of rotatable bonds is 0. The monoisotopic (exact) mass is 181 g/mol. The van der Waals surface area contributed by atoms with Crippen molar-refractivity contribution in [2.75, 3.05) is 0 Å². The Morgan fingerprint density at radius 3 is 1.22 bits per heavy atom. The standard InChI is InChI=1S/C6H12S3/c1-4-7-5(2)9-6(3)8-4/h4-6H,1-3H3/p+1. The van der Waals surface area contributed by atoms with Gasteiger partial charge in [0.1, 0.15) is 0 Å². The molecule has 3 heteroatoms. The lowest BCUT2D eigenvalue weighted by Crippen LogP contribution is -2.10. The lowest BCUT2D eigenvalue weighted by atomic mass is 10.9. The zero-order valence-electron chi connectivity index (χ0n) is 6.96. The summed E-state index contributed by atoms with van der Waals surface area (Å²) < 4.78 is 2.41. The van der Waals surface area contributed by atoms with Gasteiger partial charge < -0.3 is 0 Å². The fraction of sp³-hybridized carbons (Fsp3) is 1.00. The number of hydrogen-bond donors (Lipinski definition) is 0. The van der Waals surface area contributed by atoms with Crippen LogP contribution in [0.25, 0.3) is 0 Å². The summed E-state index contributed by atoms with van der Waals surface area (Å²) in [6.45, 7) is 6.88. The van der Waals surface area contributed by atoms with E-state index in [1.165, 1.54) is 0 Å². The second-order valence-electron chi connectivity index (χ2n) is 2.11. The summed E-state index contributed by atoms with van der Waals surface area (Å²) in [5.74, 6) is 0. The summed E-state index contributed by atoms with van der Waals surface area (Å²) in [5, 5.41) is 0. The Morgan fingerprint density at radius 2 is 1.00 bits per heavy atom. The molecule has 9 heavy (non-hydrogen) atoms. The molecule has 1 aliphatic rings. The van der Waals surface area contributed by atoms with Crippen LogP contribution in [0.1, 0.15) is 22.2 Å². The van der Waals surface area contributed by atoms with Crippen molar-refractivity contribution in [3.63, 3.8) is 0 Å². The van der Waals surface area contributed by atoms with Gasteiger partial charge in [0.25, 0.3) is 0 Å². The largest absolute Gasteiger partial charge is 1.00 e. The molecule has 0 atom stereocenters. The van der Waals surface area contributed by atoms with E-state index >= 15 is 0 Å². The van der Waals surface area contributed by atoms with Crippen LogP contribution in [0.2, 0.25) is 0 Å². The Labute approximate surface area is 71.4 Å². The fourth-order valence-electron chi connectivity index (χ4n) is 0.906. The molecule has 0 bridgehead atoms. The molecule has 54 valence electrons. The molecule has 1 aliphatic heterocycles. The first-order valence-corrected chi connectivity index (χ1v) is 5.97. The minimum Gasteiger partial charge on any atom is -0.134 e. The third kappa shape index (κ3) is 2.64. The Bertz CT molecular complexity index is 74.0. The average molecular weight is 181 g/mol. The predicted octanol–water partition coefficient (Wildman–Crippen LogP) is 3.35. The van der Waals surface area contributed by atoms with Crippen molar-refractivity contribution in [3.05, 3.63) is 0 Å². The van der Waals surface area contributed by atoms with Crippen LogP contribution in [0.15, 0.2) is 0 Å². The maximum absolute atomic E-state index is 2.29. The van der Waals surface area contributed by atoms with Gasteiger partial charge in [0.2, 0.25) is 0 Å². The van der Waals surface area contributed by atoms with Gasteiger partial charge in [0.15, 0.2) is 0 Å². The van der Waals surface area contributed by atoms with Gasteiger partial charge in [-0.2, -0.15) is 0 Å². The second-order valence-corrected chi connectivity index (χ2v) is 8.07. The summed E-state index contributed by atoms with van der Waals surface area (Å²) in [7, 11) is 0. The van der Waals surface area contributed by atoms with Crippen LogP contribution in [0.5, 0.6) is 0 Å². The SMILES string of the molecule is CC1SC(C)SC(C)S1.[H+]. The van der Waals surface area contributed by atoms with Crippen molar-refractivity contribution in [2.45, 2.75) is 34.5 Å². The zero-order chi connectivity index (χ0) is 6.85. The van der Waals surface area contributed by atoms with Gasteiger partial charge >= 0.3 is 1.43 Å². The number of thioether (sulfide) groups is 3. The van der Waals surface area contributed by atoms with Gasteiger partial charge in [-0.15, -0.1) is 35.3 Å². The molecule has 0 aromatic heterocycles. The molecule has 0 saturated carbocycles. The molecule has 1 fully saturated rings. The first-order chi connectivity index (χ1) is 4.18. The maximum atomic E-state index is 2.29. The number of hydrogen-bond acceptors (Lipinski definition) is 3. The van der Waals surface area contributed by atoms with Gasteiger partial charge in [-0.25, -0.2) is 0 Å². The molecule has 0 N–H and O–H groups in total. The minimum absolute atomic E-state index is 0. The molecule has 0 nitrogen and oxygen atoms in total. The van der Waals surface area contributed by atoms with Crippen LogP contribution < -0.4 is 0 Å². The van der Waals surface area contributed by atoms with Crippen molar-refractivity contribution < 1.29 is 1.43 Å². The third-order valence-electron chi connectivity index (χ3n) is 1.15. The lowest BCUT2D eigenvalue weighted by Gasteiger charge is -2.27. The van der Waals surface area contributed by atoms with Gasteiger partial charge in [-0.1, -0.05) is 0 Å². The molecule has 0 radical (unpaired) electrons. The fourth-order valence-corrected chi connectivity index (χ4v) is 6.93. The van der Waals surface area contributed by atoms with E-state index in [0.29, 0.717) is 0 Å². The van der Waals surface area contributed by atoms with Crippen LogP contribution in [-0.2, 0) is 0 Å². The zero-order valence-corrected chi connectivity index (χ0v) is 8.41. The Hall–Kier alpha value is 1.05. The lowest BCUT2D eigenvalue weighted by molar-refractivity contribution is 1.28. The normalized spacial score (nSPS) is 45.0. The first kappa shape index (κ1) is 8.15. The summed E-state index contributed by atoms with van der Waals surface area (Å²) in [6, 6.07) is 0. The quantitative estimate of drug-likeness (QED) is 0.562. The maximum Gasteiger partial charge on any atom is 1.00 e. The highest BCUT2D eigenvalue weighted by Gasteiger charge is 2.21. The molecule has 1 rings (SSSR count). The molecule has 0 aliphatic carbocycles. The third-order valence-corrected chi connectivity index (χ3v) is 5.45. The summed E-state index contributed by atoms with van der Waals surface area (Å²) in [4.78, 5) is 0. The van der Waals surface area contributed by atoms with Crippen molar-refractivity contribution in [3.8, 4) is 0 Å². The van der Waals surface area contributed by atoms with Crippen molar-refractivity contribution in [2.24, 2.45) is 0 Å². The smallest absolute Gasteiger partial charge is 0.134 e. The molecule has 0 amide bonds. The molecular weight excluding hydrogens is 168 g/mol. The van der Waals surface area contributed by atoms with Crippen LogP contribution in [0.4, 0.5) is 0 Å². The highest BCUT2D eigenvalue weighted by molar-refractivity contribution is 8.33. The van der Waals surface area contributed by atoms with E-state index in [2.05, 4.69) is 56.1 Å². The van der Waals surface area contributed by atoms with Crippen molar-refractivity contribution in [1.82, 2.24) is 0 Å². The van der Waals surface area contributed by atoms with Gasteiger partial charge in [0, 0.05) is 13.7 Å². The highest BCUT2D eigenvalue weighted by atomic mass is 32.3. The van der Waals surface area contributed by atoms with Crippen LogP contribution in [0.3, 0.4) is 0 Å². The average Bonchev–Trinajstić information content (AvgIpc) is 1.59. The van der Waals surface area contributed by atoms with E-state index in [1.807, 2.05) is 0 Å². The van der Waals surface area contributed by atoms with E-state index in [4.69, 9.17) is 0 Å². The molecule has 0 unspecified atom stereocenters. The molecule has 0 aromatic carbocycles. The summed E-state index contributed by atoms with van der Waals surface area (Å²) in [6.07, 6.45) is 0. The molecule has 0 spiro atoms. The van der Waals surface area contributed by atoms with Crippen LogP contribution in [0, 0.1) is 0 Å². The Balaban J connectivity index is 0.000000810. The first-order valence-electron chi connectivity index (χ1n) is 3.15. The molecule has 0 aromatic rings. The van der Waals surface area contributed by atoms with E-state index in [1.54, 1.807) is 0 Å². The van der Waals surface area contributed by atoms with Gasteiger partial charge in [0.05, 0.1) is 0 Å². The Kier molecular flexibility index (Phi) is 3.12. The van der Waals surface area contributed by atoms with Crippen molar-refractivity contribution in [1.29, 1.82) is 0 Å². The van der Waals surface area contributed by atoms with E-state index in [0.717, 1.165) is 13.7 Å². The topological polar surface area (TPSA) is 0 Å². The Morgan fingerprint density at radius 1 is 0.778 bits per heavy atom. The molecule has 1 heterocycles. The summed E-state index contributed by atoms with van der Waals surface area (Å²) >= 11 is 6.21. The van der Waals surface area contributed by atoms with E-state index in [-0.39, 0.29) is 1.43 Å². The second kappa shape index (κ2) is 3.44. The molecular formula is C6H13S3+. The summed E-state index contributed by atoms with van der Waals surface area (Å²) in [5.41, 5.74) is 0. The predicted molar refractivity (Wildman–Crippen MR) is 52.3 cm³/mol. The van der Waals surface area contributed by atoms with Crippen LogP contribution in [-0.4, -0.2) is 13.7 Å². The van der Waals surface area contributed by atoms with Crippen LogP contribution >= 0.6 is 35.3 Å². The van der Waals surface area contributed by atoms with Gasteiger partial charge in [-0.3, -0.25) is 0 Å². The van der Waals surface area contributed by atoms with E-state index in [9.17, 15) is 0 Å². The molecule has 1 saturated heterocycles. The van der Waals surface area contributed by atoms with Crippen molar-refractivity contribution >= 4 is 35.3 Å². The highest BCUT2D eigenvalue weighted by Crippen LogP contribution is 2.45. The van der Waals surface area contributed by atoms with Gasteiger partial charge in [-0.05, 0) is 20.8 Å². The minimum atomic E-state index is 0. The van der Waals surface area contributed by atoms with E-state index < -0.39 is 0 Å².